The Morgan fingerprint density at radius 3 is 3.00 bits per heavy atom. The number of fused-ring (bicyclic) bond motifs is 1. The van der Waals surface area contributed by atoms with Crippen LogP contribution in [0.1, 0.15) is 27.2 Å². The van der Waals surface area contributed by atoms with E-state index in [1.165, 1.54) is 0 Å². The van der Waals surface area contributed by atoms with Crippen LogP contribution in [-0.4, -0.2) is 37.0 Å². The van der Waals surface area contributed by atoms with Gasteiger partial charge in [0.15, 0.2) is 0 Å². The number of ether oxygens (including phenoxy) is 3. The van der Waals surface area contributed by atoms with Crippen molar-refractivity contribution >= 4 is 5.97 Å². The molecule has 0 N–H and O–H groups in total. The lowest BCUT2D eigenvalue weighted by Crippen LogP contribution is -2.28. The average Bonchev–Trinajstić information content (AvgIpc) is 2.96. The predicted molar refractivity (Wildman–Crippen MR) is 58.0 cm³/mol. The maximum absolute atomic E-state index is 11.6. The summed E-state index contributed by atoms with van der Waals surface area (Å²) in [5.74, 6) is -0.242. The van der Waals surface area contributed by atoms with Gasteiger partial charge in [-0.15, -0.1) is 0 Å². The molecule has 90 valence electrons. The number of esters is 1. The molecule has 1 aliphatic carbocycles. The zero-order chi connectivity index (χ0) is 11.7. The first-order valence-electron chi connectivity index (χ1n) is 5.80. The summed E-state index contributed by atoms with van der Waals surface area (Å²) in [6.07, 6.45) is 2.83. The second-order valence-electron chi connectivity index (χ2n) is 4.41. The molecule has 1 fully saturated rings. The number of hydrogen-bond donors (Lipinski definition) is 0. The van der Waals surface area contributed by atoms with Crippen molar-refractivity contribution in [2.24, 2.45) is 0 Å². The summed E-state index contributed by atoms with van der Waals surface area (Å²) < 4.78 is 16.1. The second-order valence-corrected chi connectivity index (χ2v) is 4.41. The molecule has 0 aromatic carbocycles. The number of carbonyl (C=O) groups excluding carboxylic acids is 1. The van der Waals surface area contributed by atoms with Gasteiger partial charge in [0, 0.05) is 12.0 Å². The normalized spacial score (nSPS) is 32.0. The summed E-state index contributed by atoms with van der Waals surface area (Å²) in [4.78, 5) is 11.6. The van der Waals surface area contributed by atoms with Crippen molar-refractivity contribution < 1.29 is 19.0 Å². The van der Waals surface area contributed by atoms with E-state index in [1.54, 1.807) is 6.92 Å². The lowest BCUT2D eigenvalue weighted by atomic mass is 9.97. The third-order valence-electron chi connectivity index (χ3n) is 2.70. The Hall–Kier alpha value is -0.870. The lowest BCUT2D eigenvalue weighted by Gasteiger charge is -2.19. The van der Waals surface area contributed by atoms with E-state index in [4.69, 9.17) is 14.2 Å². The molecule has 16 heavy (non-hydrogen) atoms. The first-order valence-corrected chi connectivity index (χ1v) is 5.80. The Kier molecular flexibility index (Phi) is 3.30. The molecule has 0 spiro atoms. The average molecular weight is 226 g/mol. The highest BCUT2D eigenvalue weighted by Gasteiger charge is 2.49. The van der Waals surface area contributed by atoms with Crippen LogP contribution in [0.3, 0.4) is 0 Å². The summed E-state index contributed by atoms with van der Waals surface area (Å²) in [7, 11) is 0. The van der Waals surface area contributed by atoms with Crippen LogP contribution in [-0.2, 0) is 19.0 Å². The number of rotatable bonds is 4. The van der Waals surface area contributed by atoms with Crippen LogP contribution < -0.4 is 0 Å². The molecule has 4 nitrogen and oxygen atoms in total. The van der Waals surface area contributed by atoms with Gasteiger partial charge in [0.1, 0.15) is 12.2 Å². The van der Waals surface area contributed by atoms with Gasteiger partial charge in [0.25, 0.3) is 0 Å². The topological polar surface area (TPSA) is 48.1 Å². The minimum absolute atomic E-state index is 0.0989. The largest absolute Gasteiger partial charge is 0.463 e. The number of carbonyl (C=O) groups is 1. The summed E-state index contributed by atoms with van der Waals surface area (Å²) in [5.41, 5.74) is 0.686. The van der Waals surface area contributed by atoms with E-state index in [2.05, 4.69) is 0 Å². The highest BCUT2D eigenvalue weighted by atomic mass is 16.6. The lowest BCUT2D eigenvalue weighted by molar-refractivity contribution is -0.138. The third-order valence-corrected chi connectivity index (χ3v) is 2.70. The Morgan fingerprint density at radius 2 is 2.38 bits per heavy atom. The van der Waals surface area contributed by atoms with Gasteiger partial charge in [-0.3, -0.25) is 0 Å². The third kappa shape index (κ3) is 2.44. The molecule has 1 saturated heterocycles. The smallest absolute Gasteiger partial charge is 0.333 e. The van der Waals surface area contributed by atoms with Crippen LogP contribution in [0.25, 0.3) is 0 Å². The monoisotopic (exact) mass is 226 g/mol. The Morgan fingerprint density at radius 1 is 1.62 bits per heavy atom. The van der Waals surface area contributed by atoms with Crippen molar-refractivity contribution in [1.82, 2.24) is 0 Å². The molecule has 1 heterocycles. The van der Waals surface area contributed by atoms with Crippen molar-refractivity contribution in [2.45, 2.75) is 51.6 Å². The minimum Gasteiger partial charge on any atom is -0.463 e. The van der Waals surface area contributed by atoms with E-state index < -0.39 is 0 Å². The van der Waals surface area contributed by atoms with Crippen LogP contribution >= 0.6 is 0 Å². The molecule has 0 bridgehead atoms. The maximum Gasteiger partial charge on any atom is 0.333 e. The van der Waals surface area contributed by atoms with Gasteiger partial charge in [-0.25, -0.2) is 4.79 Å². The van der Waals surface area contributed by atoms with Gasteiger partial charge >= 0.3 is 5.97 Å². The van der Waals surface area contributed by atoms with Crippen molar-refractivity contribution in [1.29, 1.82) is 0 Å². The molecule has 0 saturated carbocycles. The SMILES string of the molecule is CCOC(=O)C1=C[C@@H](OC(C)C)[C@H]2O[C@H]2C1. The molecule has 4 heteroatoms. The summed E-state index contributed by atoms with van der Waals surface area (Å²) >= 11 is 0. The molecule has 0 amide bonds. The first kappa shape index (κ1) is 11.6. The van der Waals surface area contributed by atoms with Gasteiger partial charge in [0.05, 0.1) is 18.8 Å². The fourth-order valence-corrected chi connectivity index (χ4v) is 1.99. The quantitative estimate of drug-likeness (QED) is 0.537. The van der Waals surface area contributed by atoms with E-state index in [1.807, 2.05) is 19.9 Å². The van der Waals surface area contributed by atoms with Crippen LogP contribution in [0.15, 0.2) is 11.6 Å². The van der Waals surface area contributed by atoms with Gasteiger partial charge in [-0.05, 0) is 26.8 Å². The molecular weight excluding hydrogens is 208 g/mol. The predicted octanol–water partition coefficient (Wildman–Crippen LogP) is 1.44. The summed E-state index contributed by atoms with van der Waals surface area (Å²) in [6.45, 7) is 6.16. The van der Waals surface area contributed by atoms with Crippen molar-refractivity contribution in [3.05, 3.63) is 11.6 Å². The highest BCUT2D eigenvalue weighted by molar-refractivity contribution is 5.89. The molecule has 2 aliphatic rings. The zero-order valence-corrected chi connectivity index (χ0v) is 9.93. The number of epoxide rings is 1. The Labute approximate surface area is 95.6 Å². The standard InChI is InChI=1S/C12H18O4/c1-4-14-12(13)8-5-9(15-7(2)3)11-10(6-8)16-11/h5,7,9-11H,4,6H2,1-3H3/t9-,10+,11-/m1/s1. The van der Waals surface area contributed by atoms with Gasteiger partial charge in [0.2, 0.25) is 0 Å². The van der Waals surface area contributed by atoms with Gasteiger partial charge in [-0.1, -0.05) is 0 Å². The second kappa shape index (κ2) is 4.55. The fraction of sp³-hybridized carbons (Fsp3) is 0.750. The van der Waals surface area contributed by atoms with E-state index in [0.717, 1.165) is 0 Å². The first-order chi connectivity index (χ1) is 7.61. The molecule has 3 atom stereocenters. The minimum atomic E-state index is -0.242. The molecular formula is C12H18O4. The van der Waals surface area contributed by atoms with Crippen LogP contribution in [0, 0.1) is 0 Å². The van der Waals surface area contributed by atoms with Crippen LogP contribution in [0.2, 0.25) is 0 Å². The Bertz CT molecular complexity index is 308. The van der Waals surface area contributed by atoms with Crippen molar-refractivity contribution in [3.8, 4) is 0 Å². The molecule has 0 aromatic heterocycles. The molecule has 0 radical (unpaired) electrons. The van der Waals surface area contributed by atoms with E-state index >= 15 is 0 Å². The van der Waals surface area contributed by atoms with Crippen molar-refractivity contribution in [3.63, 3.8) is 0 Å². The molecule has 0 unspecified atom stereocenters. The fourth-order valence-electron chi connectivity index (χ4n) is 1.99. The zero-order valence-electron chi connectivity index (χ0n) is 9.93. The van der Waals surface area contributed by atoms with Crippen LogP contribution in [0.4, 0.5) is 0 Å². The Balaban J connectivity index is 2.02. The number of hydrogen-bond acceptors (Lipinski definition) is 4. The molecule has 1 aliphatic heterocycles. The molecule has 2 rings (SSSR count). The summed E-state index contributed by atoms with van der Waals surface area (Å²) in [5, 5.41) is 0. The van der Waals surface area contributed by atoms with E-state index in [9.17, 15) is 4.79 Å². The summed E-state index contributed by atoms with van der Waals surface area (Å²) in [6, 6.07) is 0. The van der Waals surface area contributed by atoms with Gasteiger partial charge < -0.3 is 14.2 Å². The maximum atomic E-state index is 11.6. The van der Waals surface area contributed by atoms with Gasteiger partial charge in [-0.2, -0.15) is 0 Å². The molecule has 0 aromatic rings. The van der Waals surface area contributed by atoms with Crippen LogP contribution in [0.5, 0.6) is 0 Å². The van der Waals surface area contributed by atoms with E-state index in [0.29, 0.717) is 18.6 Å². The van der Waals surface area contributed by atoms with Crippen molar-refractivity contribution in [2.75, 3.05) is 6.61 Å². The highest BCUT2D eigenvalue weighted by Crippen LogP contribution is 2.38. The van der Waals surface area contributed by atoms with E-state index in [-0.39, 0.29) is 30.4 Å².